The maximum absolute atomic E-state index is 11.6. The number of hydrogen-bond donors (Lipinski definition) is 2. The van der Waals surface area contributed by atoms with Crippen LogP contribution in [0.3, 0.4) is 0 Å². The Hall–Kier alpha value is -1.34. The number of hydrogen-bond acceptors (Lipinski definition) is 4. The Morgan fingerprint density at radius 3 is 2.88 bits per heavy atom. The Morgan fingerprint density at radius 1 is 1.53 bits per heavy atom. The third-order valence-electron chi connectivity index (χ3n) is 2.03. The first kappa shape index (κ1) is 13.7. The van der Waals surface area contributed by atoms with Crippen LogP contribution in [0.1, 0.15) is 19.8 Å². The van der Waals surface area contributed by atoms with Gasteiger partial charge in [0.25, 0.3) is 0 Å². The molecular weight excluding hydrogens is 244 g/mol. The van der Waals surface area contributed by atoms with Crippen LogP contribution in [-0.4, -0.2) is 32.5 Å². The summed E-state index contributed by atoms with van der Waals surface area (Å²) in [4.78, 5) is 13.8. The standard InChI is InChI=1S/C10H16N2O4S/c1-2-16-10(13)4-3-6-12-17(14,15)9-5-7-11-8-9/h5,7-8,11-12H,2-4,6H2,1H3. The molecule has 0 amide bonds. The molecule has 17 heavy (non-hydrogen) atoms. The molecule has 96 valence electrons. The molecule has 0 spiro atoms. The van der Waals surface area contributed by atoms with Crippen LogP contribution in [0.15, 0.2) is 23.4 Å². The lowest BCUT2D eigenvalue weighted by molar-refractivity contribution is -0.143. The molecule has 0 saturated carbocycles. The van der Waals surface area contributed by atoms with Gasteiger partial charge in [0.05, 0.1) is 11.5 Å². The molecular formula is C10H16N2O4S. The Balaban J connectivity index is 2.30. The summed E-state index contributed by atoms with van der Waals surface area (Å²) in [5.74, 6) is -0.312. The number of rotatable bonds is 7. The van der Waals surface area contributed by atoms with Gasteiger partial charge in [-0.2, -0.15) is 0 Å². The number of aromatic nitrogens is 1. The van der Waals surface area contributed by atoms with Crippen LogP contribution in [0.2, 0.25) is 0 Å². The van der Waals surface area contributed by atoms with Gasteiger partial charge in [-0.25, -0.2) is 13.1 Å². The van der Waals surface area contributed by atoms with Crippen LogP contribution in [0, 0.1) is 0 Å². The van der Waals surface area contributed by atoms with E-state index in [1.807, 2.05) is 0 Å². The van der Waals surface area contributed by atoms with Crippen molar-refractivity contribution in [3.05, 3.63) is 18.5 Å². The summed E-state index contributed by atoms with van der Waals surface area (Å²) in [7, 11) is -3.46. The third-order valence-corrected chi connectivity index (χ3v) is 3.49. The summed E-state index contributed by atoms with van der Waals surface area (Å²) < 4.78 is 30.4. The molecule has 0 aliphatic heterocycles. The van der Waals surface area contributed by atoms with Crippen molar-refractivity contribution in [1.82, 2.24) is 9.71 Å². The van der Waals surface area contributed by atoms with E-state index in [9.17, 15) is 13.2 Å². The van der Waals surface area contributed by atoms with Gasteiger partial charge in [0.2, 0.25) is 10.0 Å². The monoisotopic (exact) mass is 260 g/mol. The van der Waals surface area contributed by atoms with Gasteiger partial charge in [-0.1, -0.05) is 0 Å². The zero-order valence-corrected chi connectivity index (χ0v) is 10.4. The van der Waals surface area contributed by atoms with Crippen molar-refractivity contribution < 1.29 is 17.9 Å². The fraction of sp³-hybridized carbons (Fsp3) is 0.500. The van der Waals surface area contributed by atoms with Gasteiger partial charge in [-0.3, -0.25) is 4.79 Å². The lowest BCUT2D eigenvalue weighted by atomic mass is 10.3. The molecule has 0 radical (unpaired) electrons. The highest BCUT2D eigenvalue weighted by molar-refractivity contribution is 7.89. The average molecular weight is 260 g/mol. The predicted octanol–water partition coefficient (Wildman–Crippen LogP) is 0.636. The van der Waals surface area contributed by atoms with E-state index < -0.39 is 10.0 Å². The summed E-state index contributed by atoms with van der Waals surface area (Å²) in [6.45, 7) is 2.28. The molecule has 0 unspecified atom stereocenters. The number of carbonyl (C=O) groups excluding carboxylic acids is 1. The lowest BCUT2D eigenvalue weighted by Gasteiger charge is -2.04. The highest BCUT2D eigenvalue weighted by Gasteiger charge is 2.13. The van der Waals surface area contributed by atoms with E-state index in [4.69, 9.17) is 4.74 Å². The van der Waals surface area contributed by atoms with Crippen molar-refractivity contribution in [3.63, 3.8) is 0 Å². The molecule has 7 heteroatoms. The molecule has 6 nitrogen and oxygen atoms in total. The van der Waals surface area contributed by atoms with Crippen molar-refractivity contribution in [1.29, 1.82) is 0 Å². The number of esters is 1. The van der Waals surface area contributed by atoms with Gasteiger partial charge in [-0.05, 0) is 19.4 Å². The third kappa shape index (κ3) is 4.58. The molecule has 0 atom stereocenters. The fourth-order valence-electron chi connectivity index (χ4n) is 1.23. The number of nitrogens with one attached hydrogen (secondary N) is 2. The maximum atomic E-state index is 11.6. The molecule has 1 aromatic rings. The second-order valence-corrected chi connectivity index (χ2v) is 5.12. The first-order valence-electron chi connectivity index (χ1n) is 5.34. The summed E-state index contributed by atoms with van der Waals surface area (Å²) in [6, 6.07) is 1.47. The smallest absolute Gasteiger partial charge is 0.305 e. The van der Waals surface area contributed by atoms with E-state index in [0.717, 1.165) is 0 Å². The Labute approximate surface area is 100 Å². The number of carbonyl (C=O) groups is 1. The van der Waals surface area contributed by atoms with E-state index in [2.05, 4.69) is 9.71 Å². The minimum atomic E-state index is -3.46. The lowest BCUT2D eigenvalue weighted by Crippen LogP contribution is -2.25. The van der Waals surface area contributed by atoms with Gasteiger partial charge in [-0.15, -0.1) is 0 Å². The highest BCUT2D eigenvalue weighted by Crippen LogP contribution is 2.05. The van der Waals surface area contributed by atoms with E-state index in [1.165, 1.54) is 18.5 Å². The second kappa shape index (κ2) is 6.41. The molecule has 1 heterocycles. The normalized spacial score (nSPS) is 11.4. The second-order valence-electron chi connectivity index (χ2n) is 3.35. The minimum absolute atomic E-state index is 0.189. The van der Waals surface area contributed by atoms with Crippen LogP contribution in [0.5, 0.6) is 0 Å². The Morgan fingerprint density at radius 2 is 2.29 bits per heavy atom. The molecule has 0 aliphatic carbocycles. The van der Waals surface area contributed by atoms with Gasteiger partial charge < -0.3 is 9.72 Å². The largest absolute Gasteiger partial charge is 0.466 e. The van der Waals surface area contributed by atoms with Crippen LogP contribution < -0.4 is 4.72 Å². The fourth-order valence-corrected chi connectivity index (χ4v) is 2.28. The maximum Gasteiger partial charge on any atom is 0.305 e. The number of aromatic amines is 1. The van der Waals surface area contributed by atoms with Gasteiger partial charge in [0.15, 0.2) is 0 Å². The molecule has 2 N–H and O–H groups in total. The van der Waals surface area contributed by atoms with E-state index in [1.54, 1.807) is 6.92 Å². The van der Waals surface area contributed by atoms with E-state index in [-0.39, 0.29) is 23.8 Å². The van der Waals surface area contributed by atoms with Crippen molar-refractivity contribution in [2.75, 3.05) is 13.2 Å². The van der Waals surface area contributed by atoms with Crippen LogP contribution in [0.25, 0.3) is 0 Å². The first-order valence-corrected chi connectivity index (χ1v) is 6.82. The van der Waals surface area contributed by atoms with Gasteiger partial charge in [0.1, 0.15) is 0 Å². The molecule has 0 saturated heterocycles. The van der Waals surface area contributed by atoms with Crippen molar-refractivity contribution >= 4 is 16.0 Å². The molecule has 1 rings (SSSR count). The number of sulfonamides is 1. The van der Waals surface area contributed by atoms with Crippen molar-refractivity contribution in [3.8, 4) is 0 Å². The van der Waals surface area contributed by atoms with Crippen molar-refractivity contribution in [2.24, 2.45) is 0 Å². The van der Waals surface area contributed by atoms with E-state index >= 15 is 0 Å². The molecule has 0 aromatic carbocycles. The zero-order chi connectivity index (χ0) is 12.7. The number of H-pyrrole nitrogens is 1. The summed E-state index contributed by atoms with van der Waals surface area (Å²) >= 11 is 0. The zero-order valence-electron chi connectivity index (χ0n) is 9.60. The topological polar surface area (TPSA) is 88.3 Å². The average Bonchev–Trinajstić information content (AvgIpc) is 2.79. The molecule has 0 bridgehead atoms. The quantitative estimate of drug-likeness (QED) is 0.556. The Kier molecular flexibility index (Phi) is 5.17. The summed E-state index contributed by atoms with van der Waals surface area (Å²) in [5, 5.41) is 0. The predicted molar refractivity (Wildman–Crippen MR) is 61.8 cm³/mol. The van der Waals surface area contributed by atoms with Crippen molar-refractivity contribution in [2.45, 2.75) is 24.7 Å². The van der Waals surface area contributed by atoms with Crippen LogP contribution in [-0.2, 0) is 19.6 Å². The molecule has 0 fully saturated rings. The summed E-state index contributed by atoms with van der Waals surface area (Å²) in [5.41, 5.74) is 0. The van der Waals surface area contributed by atoms with Gasteiger partial charge >= 0.3 is 5.97 Å². The van der Waals surface area contributed by atoms with Crippen LogP contribution in [0.4, 0.5) is 0 Å². The molecule has 1 aromatic heterocycles. The summed E-state index contributed by atoms with van der Waals surface area (Å²) in [6.07, 6.45) is 3.56. The first-order chi connectivity index (χ1) is 8.06. The highest BCUT2D eigenvalue weighted by atomic mass is 32.2. The Bertz CT molecular complexity index is 439. The van der Waals surface area contributed by atoms with E-state index in [0.29, 0.717) is 13.0 Å². The minimum Gasteiger partial charge on any atom is -0.466 e. The number of ether oxygens (including phenoxy) is 1. The SMILES string of the molecule is CCOC(=O)CCCNS(=O)(=O)c1cc[nH]c1. The van der Waals surface area contributed by atoms with Crippen LogP contribution >= 0.6 is 0 Å². The van der Waals surface area contributed by atoms with Gasteiger partial charge in [0, 0.05) is 25.4 Å². The molecule has 0 aliphatic rings.